The summed E-state index contributed by atoms with van der Waals surface area (Å²) in [7, 11) is 0. The van der Waals surface area contributed by atoms with E-state index in [1.807, 2.05) is 0 Å². The molecule has 1 N–H and O–H groups in total. The van der Waals surface area contributed by atoms with Crippen LogP contribution in [-0.4, -0.2) is 11.2 Å². The van der Waals surface area contributed by atoms with Gasteiger partial charge in [-0.1, -0.05) is 27.7 Å². The van der Waals surface area contributed by atoms with E-state index in [-0.39, 0.29) is 11.5 Å². The highest BCUT2D eigenvalue weighted by molar-refractivity contribution is 4.92. The van der Waals surface area contributed by atoms with Gasteiger partial charge in [0.25, 0.3) is 0 Å². The second-order valence-electron chi connectivity index (χ2n) is 4.77. The highest BCUT2D eigenvalue weighted by Gasteiger charge is 2.43. The average molecular weight is 156 g/mol. The minimum atomic E-state index is -0.0742. The van der Waals surface area contributed by atoms with Crippen molar-refractivity contribution in [1.82, 2.24) is 0 Å². The van der Waals surface area contributed by atoms with Crippen molar-refractivity contribution in [3.63, 3.8) is 0 Å². The largest absolute Gasteiger partial charge is 0.393 e. The summed E-state index contributed by atoms with van der Waals surface area (Å²) in [6, 6.07) is 0. The first-order valence-electron chi connectivity index (χ1n) is 4.64. The first-order valence-corrected chi connectivity index (χ1v) is 4.64. The van der Waals surface area contributed by atoms with Crippen molar-refractivity contribution in [2.75, 3.05) is 0 Å². The molecule has 2 atom stereocenters. The van der Waals surface area contributed by atoms with Crippen LogP contribution in [0.4, 0.5) is 0 Å². The molecule has 1 heteroatoms. The molecule has 0 spiro atoms. The highest BCUT2D eigenvalue weighted by Crippen LogP contribution is 2.46. The monoisotopic (exact) mass is 156 g/mol. The lowest BCUT2D eigenvalue weighted by Crippen LogP contribution is -2.31. The lowest BCUT2D eigenvalue weighted by Gasteiger charge is -2.32. The Balaban J connectivity index is 2.70. The minimum absolute atomic E-state index is 0.0742. The molecule has 1 fully saturated rings. The Morgan fingerprint density at radius 3 is 2.00 bits per heavy atom. The SMILES string of the molecule is CC(C)C1CCC(O)C1(C)C. The summed E-state index contributed by atoms with van der Waals surface area (Å²) < 4.78 is 0. The van der Waals surface area contributed by atoms with Crippen LogP contribution >= 0.6 is 0 Å². The van der Waals surface area contributed by atoms with Gasteiger partial charge in [0.15, 0.2) is 0 Å². The van der Waals surface area contributed by atoms with E-state index in [1.54, 1.807) is 0 Å². The Labute approximate surface area is 69.8 Å². The number of aliphatic hydroxyl groups excluding tert-OH is 1. The predicted octanol–water partition coefficient (Wildman–Crippen LogP) is 2.44. The Morgan fingerprint density at radius 2 is 1.82 bits per heavy atom. The first kappa shape index (κ1) is 9.05. The number of aliphatic hydroxyl groups is 1. The zero-order valence-electron chi connectivity index (χ0n) is 8.09. The van der Waals surface area contributed by atoms with Crippen LogP contribution in [0.15, 0.2) is 0 Å². The van der Waals surface area contributed by atoms with E-state index in [0.29, 0.717) is 11.8 Å². The number of hydrogen-bond acceptors (Lipinski definition) is 1. The molecule has 1 saturated carbocycles. The smallest absolute Gasteiger partial charge is 0.0594 e. The Kier molecular flexibility index (Phi) is 2.29. The second kappa shape index (κ2) is 2.78. The summed E-state index contributed by atoms with van der Waals surface area (Å²) in [5.41, 5.74) is 0.147. The molecule has 0 aromatic rings. The van der Waals surface area contributed by atoms with E-state index in [2.05, 4.69) is 27.7 Å². The molecule has 66 valence electrons. The third kappa shape index (κ3) is 1.44. The van der Waals surface area contributed by atoms with Crippen molar-refractivity contribution in [1.29, 1.82) is 0 Å². The summed E-state index contributed by atoms with van der Waals surface area (Å²) >= 11 is 0. The highest BCUT2D eigenvalue weighted by atomic mass is 16.3. The Hall–Kier alpha value is -0.0400. The van der Waals surface area contributed by atoms with Gasteiger partial charge in [0.05, 0.1) is 6.10 Å². The van der Waals surface area contributed by atoms with Crippen LogP contribution in [0.5, 0.6) is 0 Å². The fourth-order valence-electron chi connectivity index (χ4n) is 2.52. The molecule has 0 heterocycles. The van der Waals surface area contributed by atoms with Gasteiger partial charge in [-0.25, -0.2) is 0 Å². The Bertz CT molecular complexity index is 138. The molecular formula is C10H20O. The lowest BCUT2D eigenvalue weighted by molar-refractivity contribution is 0.0413. The van der Waals surface area contributed by atoms with Crippen molar-refractivity contribution in [2.45, 2.75) is 46.6 Å². The molecule has 0 aliphatic heterocycles. The normalized spacial score (nSPS) is 36.5. The van der Waals surface area contributed by atoms with Crippen molar-refractivity contribution >= 4 is 0 Å². The van der Waals surface area contributed by atoms with Gasteiger partial charge in [-0.05, 0) is 30.1 Å². The zero-order valence-corrected chi connectivity index (χ0v) is 8.09. The molecule has 11 heavy (non-hydrogen) atoms. The molecule has 0 bridgehead atoms. The van der Waals surface area contributed by atoms with Crippen LogP contribution in [-0.2, 0) is 0 Å². The molecular weight excluding hydrogens is 136 g/mol. The van der Waals surface area contributed by atoms with Gasteiger partial charge in [0.1, 0.15) is 0 Å². The van der Waals surface area contributed by atoms with Crippen LogP contribution in [0.2, 0.25) is 0 Å². The van der Waals surface area contributed by atoms with Crippen LogP contribution in [0.3, 0.4) is 0 Å². The maximum absolute atomic E-state index is 9.68. The third-order valence-corrected chi connectivity index (χ3v) is 3.37. The van der Waals surface area contributed by atoms with Gasteiger partial charge in [-0.15, -0.1) is 0 Å². The quantitative estimate of drug-likeness (QED) is 0.618. The van der Waals surface area contributed by atoms with Gasteiger partial charge in [-0.3, -0.25) is 0 Å². The summed E-state index contributed by atoms with van der Waals surface area (Å²) in [6.45, 7) is 8.89. The maximum atomic E-state index is 9.68. The van der Waals surface area contributed by atoms with Gasteiger partial charge in [0.2, 0.25) is 0 Å². The molecule has 1 nitrogen and oxygen atoms in total. The van der Waals surface area contributed by atoms with Crippen LogP contribution in [0.1, 0.15) is 40.5 Å². The molecule has 1 aliphatic rings. The average Bonchev–Trinajstić information content (AvgIpc) is 2.08. The van der Waals surface area contributed by atoms with Gasteiger partial charge < -0.3 is 5.11 Å². The lowest BCUT2D eigenvalue weighted by atomic mass is 9.75. The molecule has 0 aromatic carbocycles. The van der Waals surface area contributed by atoms with E-state index in [9.17, 15) is 5.11 Å². The summed E-state index contributed by atoms with van der Waals surface area (Å²) in [4.78, 5) is 0. The molecule has 0 aromatic heterocycles. The molecule has 0 amide bonds. The summed E-state index contributed by atoms with van der Waals surface area (Å²) in [5.74, 6) is 1.42. The summed E-state index contributed by atoms with van der Waals surface area (Å²) in [6.07, 6.45) is 2.12. The molecule has 2 unspecified atom stereocenters. The number of rotatable bonds is 1. The number of hydrogen-bond donors (Lipinski definition) is 1. The predicted molar refractivity (Wildman–Crippen MR) is 47.3 cm³/mol. The van der Waals surface area contributed by atoms with E-state index in [4.69, 9.17) is 0 Å². The van der Waals surface area contributed by atoms with Crippen molar-refractivity contribution in [3.8, 4) is 0 Å². The van der Waals surface area contributed by atoms with Gasteiger partial charge in [0, 0.05) is 0 Å². The van der Waals surface area contributed by atoms with Gasteiger partial charge in [-0.2, -0.15) is 0 Å². The van der Waals surface area contributed by atoms with E-state index < -0.39 is 0 Å². The molecule has 1 rings (SSSR count). The standard InChI is InChI=1S/C10H20O/c1-7(2)8-5-6-9(11)10(8,3)4/h7-9,11H,5-6H2,1-4H3. The minimum Gasteiger partial charge on any atom is -0.393 e. The second-order valence-corrected chi connectivity index (χ2v) is 4.77. The van der Waals surface area contributed by atoms with Crippen LogP contribution in [0.25, 0.3) is 0 Å². The zero-order chi connectivity index (χ0) is 8.65. The van der Waals surface area contributed by atoms with Crippen molar-refractivity contribution in [2.24, 2.45) is 17.3 Å². The van der Waals surface area contributed by atoms with E-state index in [1.165, 1.54) is 6.42 Å². The molecule has 0 radical (unpaired) electrons. The third-order valence-electron chi connectivity index (χ3n) is 3.37. The molecule has 0 saturated heterocycles. The van der Waals surface area contributed by atoms with Crippen LogP contribution in [0, 0.1) is 17.3 Å². The van der Waals surface area contributed by atoms with E-state index >= 15 is 0 Å². The van der Waals surface area contributed by atoms with E-state index in [0.717, 1.165) is 6.42 Å². The Morgan fingerprint density at radius 1 is 1.27 bits per heavy atom. The molecule has 1 aliphatic carbocycles. The first-order chi connectivity index (χ1) is 4.96. The fourth-order valence-corrected chi connectivity index (χ4v) is 2.52. The fraction of sp³-hybridized carbons (Fsp3) is 1.00. The van der Waals surface area contributed by atoms with Crippen LogP contribution < -0.4 is 0 Å². The van der Waals surface area contributed by atoms with Gasteiger partial charge >= 0.3 is 0 Å². The maximum Gasteiger partial charge on any atom is 0.0594 e. The van der Waals surface area contributed by atoms with Crippen molar-refractivity contribution in [3.05, 3.63) is 0 Å². The van der Waals surface area contributed by atoms with Crippen molar-refractivity contribution < 1.29 is 5.11 Å². The summed E-state index contributed by atoms with van der Waals surface area (Å²) in [5, 5.41) is 9.68. The topological polar surface area (TPSA) is 20.2 Å².